The topological polar surface area (TPSA) is 56.1 Å². The van der Waals surface area contributed by atoms with E-state index in [0.29, 0.717) is 24.1 Å². The number of rotatable bonds is 5. The second-order valence-electron chi connectivity index (χ2n) is 12.2. The lowest BCUT2D eigenvalue weighted by atomic mass is 9.78. The molecule has 186 valence electrons. The lowest BCUT2D eigenvalue weighted by Crippen LogP contribution is -2.41. The van der Waals surface area contributed by atoms with E-state index in [-0.39, 0.29) is 10.8 Å². The Hall–Kier alpha value is -2.33. The van der Waals surface area contributed by atoms with Crippen LogP contribution in [0.1, 0.15) is 94.2 Å². The Labute approximate surface area is 206 Å². The van der Waals surface area contributed by atoms with E-state index < -0.39 is 0 Å². The van der Waals surface area contributed by atoms with E-state index >= 15 is 0 Å². The molecular weight excluding hydrogens is 420 g/mol. The summed E-state index contributed by atoms with van der Waals surface area (Å²) >= 11 is 0. The number of hydrogen-bond acceptors (Lipinski definition) is 4. The molecule has 0 aromatic heterocycles. The van der Waals surface area contributed by atoms with Crippen LogP contribution in [-0.2, 0) is 17.4 Å². The number of phenols is 2. The number of nitrogens with zero attached hydrogens (tertiary/aromatic N) is 2. The molecule has 1 aliphatic heterocycles. The first-order chi connectivity index (χ1) is 15.8. The molecule has 1 atom stereocenters. The molecule has 1 aliphatic rings. The van der Waals surface area contributed by atoms with Gasteiger partial charge in [-0.05, 0) is 72.4 Å². The first-order valence-electron chi connectivity index (χ1n) is 12.7. The van der Waals surface area contributed by atoms with Crippen molar-refractivity contribution in [3.8, 4) is 11.5 Å². The monoisotopic (exact) mass is 464 g/mol. The molecule has 3 rings (SSSR count). The van der Waals surface area contributed by atoms with Gasteiger partial charge in [0.25, 0.3) is 0 Å². The van der Waals surface area contributed by atoms with E-state index in [1.807, 2.05) is 32.2 Å². The minimum atomic E-state index is -0.125. The fourth-order valence-corrected chi connectivity index (χ4v) is 4.88. The number of hydrogen-bond donors (Lipinski definition) is 2. The molecule has 0 bridgehead atoms. The van der Waals surface area contributed by atoms with Gasteiger partial charge in [0.2, 0.25) is 0 Å². The second kappa shape index (κ2) is 10.1. The van der Waals surface area contributed by atoms with E-state index in [1.165, 1.54) is 18.4 Å². The van der Waals surface area contributed by atoms with E-state index in [1.54, 1.807) is 0 Å². The molecule has 4 nitrogen and oxygen atoms in total. The average Bonchev–Trinajstić information content (AvgIpc) is 2.72. The predicted octanol–water partition coefficient (Wildman–Crippen LogP) is 6.78. The number of piperidine rings is 1. The van der Waals surface area contributed by atoms with Crippen LogP contribution >= 0.6 is 0 Å². The highest BCUT2D eigenvalue weighted by atomic mass is 16.3. The van der Waals surface area contributed by atoms with Gasteiger partial charge in [0, 0.05) is 29.9 Å². The highest BCUT2D eigenvalue weighted by Crippen LogP contribution is 2.38. The van der Waals surface area contributed by atoms with E-state index in [2.05, 4.69) is 58.6 Å². The fraction of sp³-hybridized carbons (Fsp3) is 0.567. The van der Waals surface area contributed by atoms with Crippen LogP contribution in [0.3, 0.4) is 0 Å². The summed E-state index contributed by atoms with van der Waals surface area (Å²) in [5, 5.41) is 21.6. The van der Waals surface area contributed by atoms with Gasteiger partial charge in [-0.15, -0.1) is 0 Å². The molecule has 4 heteroatoms. The largest absolute Gasteiger partial charge is 0.507 e. The molecule has 2 N–H and O–H groups in total. The maximum Gasteiger partial charge on any atom is 0.127 e. The van der Waals surface area contributed by atoms with Gasteiger partial charge in [-0.2, -0.15) is 0 Å². The van der Waals surface area contributed by atoms with Crippen LogP contribution in [0, 0.1) is 13.8 Å². The molecule has 0 aliphatic carbocycles. The summed E-state index contributed by atoms with van der Waals surface area (Å²) in [5.41, 5.74) is 5.98. The zero-order valence-electron chi connectivity index (χ0n) is 22.5. The van der Waals surface area contributed by atoms with Crippen molar-refractivity contribution in [2.45, 2.75) is 98.1 Å². The Morgan fingerprint density at radius 2 is 1.65 bits per heavy atom. The van der Waals surface area contributed by atoms with Crippen LogP contribution in [0.5, 0.6) is 11.5 Å². The summed E-state index contributed by atoms with van der Waals surface area (Å²) in [4.78, 5) is 7.23. The van der Waals surface area contributed by atoms with E-state index in [9.17, 15) is 10.2 Å². The first kappa shape index (κ1) is 26.3. The summed E-state index contributed by atoms with van der Waals surface area (Å²) in [5.74, 6) is 0.752. The van der Waals surface area contributed by atoms with Crippen molar-refractivity contribution in [2.75, 3.05) is 13.1 Å². The molecule has 1 saturated heterocycles. The molecular formula is C30H44N2O2. The Bertz CT molecular complexity index is 1040. The minimum absolute atomic E-state index is 0.0159. The van der Waals surface area contributed by atoms with Crippen LogP contribution in [0.25, 0.3) is 0 Å². The van der Waals surface area contributed by atoms with Crippen LogP contribution in [0.4, 0.5) is 0 Å². The third-order valence-electron chi connectivity index (χ3n) is 7.01. The van der Waals surface area contributed by atoms with Gasteiger partial charge < -0.3 is 10.2 Å². The summed E-state index contributed by atoms with van der Waals surface area (Å²) < 4.78 is 0. The van der Waals surface area contributed by atoms with Gasteiger partial charge in [0.05, 0.1) is 6.54 Å². The normalized spacial score (nSPS) is 18.1. The van der Waals surface area contributed by atoms with Crippen LogP contribution < -0.4 is 0 Å². The molecule has 2 aromatic rings. The van der Waals surface area contributed by atoms with Gasteiger partial charge in [0.1, 0.15) is 11.5 Å². The zero-order chi connectivity index (χ0) is 25.3. The average molecular weight is 465 g/mol. The fourth-order valence-electron chi connectivity index (χ4n) is 4.88. The third kappa shape index (κ3) is 6.21. The van der Waals surface area contributed by atoms with Gasteiger partial charge in [0.15, 0.2) is 0 Å². The Morgan fingerprint density at radius 1 is 0.941 bits per heavy atom. The molecule has 0 saturated carbocycles. The van der Waals surface area contributed by atoms with Gasteiger partial charge in [-0.1, -0.05) is 66.2 Å². The number of aryl methyl sites for hydroxylation is 2. The van der Waals surface area contributed by atoms with Gasteiger partial charge in [-0.25, -0.2) is 0 Å². The highest BCUT2D eigenvalue weighted by Gasteiger charge is 2.28. The molecule has 1 unspecified atom stereocenters. The second-order valence-corrected chi connectivity index (χ2v) is 12.2. The molecule has 1 fully saturated rings. The van der Waals surface area contributed by atoms with Crippen LogP contribution in [0.2, 0.25) is 0 Å². The smallest absolute Gasteiger partial charge is 0.127 e. The first-order valence-corrected chi connectivity index (χ1v) is 12.7. The van der Waals surface area contributed by atoms with Crippen molar-refractivity contribution < 1.29 is 10.2 Å². The standard InChI is InChI=1S/C30H44N2O2/c1-20-13-21(2)27(33)22(14-20)17-31-18-25-11-9-10-12-32(25)19-23-15-24(29(3,4)5)16-26(28(23)34)30(6,7)8/h13-17,25,33-34H,9-12,18-19H2,1-8H3. The summed E-state index contributed by atoms with van der Waals surface area (Å²) in [7, 11) is 0. The molecule has 0 spiro atoms. The number of aliphatic imine (C=N–C) groups is 1. The van der Waals surface area contributed by atoms with Crippen LogP contribution in [-0.4, -0.2) is 40.5 Å². The third-order valence-corrected chi connectivity index (χ3v) is 7.01. The number of aromatic hydroxyl groups is 2. The predicted molar refractivity (Wildman–Crippen MR) is 144 cm³/mol. The van der Waals surface area contributed by atoms with Crippen molar-refractivity contribution in [3.63, 3.8) is 0 Å². The maximum absolute atomic E-state index is 11.3. The molecule has 2 aromatic carbocycles. The molecule has 34 heavy (non-hydrogen) atoms. The lowest BCUT2D eigenvalue weighted by molar-refractivity contribution is 0.144. The Morgan fingerprint density at radius 3 is 2.29 bits per heavy atom. The van der Waals surface area contributed by atoms with Gasteiger partial charge >= 0.3 is 0 Å². The van der Waals surface area contributed by atoms with Crippen molar-refractivity contribution in [1.82, 2.24) is 4.90 Å². The van der Waals surface area contributed by atoms with E-state index in [0.717, 1.165) is 47.3 Å². The van der Waals surface area contributed by atoms with Crippen molar-refractivity contribution in [1.29, 1.82) is 0 Å². The highest BCUT2D eigenvalue weighted by molar-refractivity contribution is 5.84. The summed E-state index contributed by atoms with van der Waals surface area (Å²) in [6.45, 7) is 19.6. The van der Waals surface area contributed by atoms with Crippen molar-refractivity contribution in [3.05, 3.63) is 57.6 Å². The molecule has 0 amide bonds. The molecule has 0 radical (unpaired) electrons. The number of phenolic OH excluding ortho intramolecular Hbond substituents is 2. The summed E-state index contributed by atoms with van der Waals surface area (Å²) in [6.07, 6.45) is 5.29. The minimum Gasteiger partial charge on any atom is -0.507 e. The van der Waals surface area contributed by atoms with E-state index in [4.69, 9.17) is 4.99 Å². The Balaban J connectivity index is 1.85. The SMILES string of the molecule is Cc1cc(C)c(O)c(C=NCC2CCCCN2Cc2cc(C(C)(C)C)cc(C(C)(C)C)c2O)c1. The number of likely N-dealkylation sites (tertiary alicyclic amines) is 1. The quantitative estimate of drug-likeness (QED) is 0.479. The summed E-state index contributed by atoms with van der Waals surface area (Å²) in [6, 6.07) is 8.68. The maximum atomic E-state index is 11.3. The Kier molecular flexibility index (Phi) is 7.82. The van der Waals surface area contributed by atoms with Crippen molar-refractivity contribution >= 4 is 6.21 Å². The number of benzene rings is 2. The lowest BCUT2D eigenvalue weighted by Gasteiger charge is -2.36. The van der Waals surface area contributed by atoms with Crippen LogP contribution in [0.15, 0.2) is 29.3 Å². The van der Waals surface area contributed by atoms with Crippen molar-refractivity contribution in [2.24, 2.45) is 4.99 Å². The zero-order valence-corrected chi connectivity index (χ0v) is 22.5. The van der Waals surface area contributed by atoms with Gasteiger partial charge in [-0.3, -0.25) is 9.89 Å². The molecule has 1 heterocycles.